The van der Waals surface area contributed by atoms with E-state index in [2.05, 4.69) is 24.0 Å². The Morgan fingerprint density at radius 2 is 2.31 bits per heavy atom. The zero-order valence-corrected chi connectivity index (χ0v) is 10.2. The summed E-state index contributed by atoms with van der Waals surface area (Å²) in [6.45, 7) is 4.24. The lowest BCUT2D eigenvalue weighted by molar-refractivity contribution is 0.335. The highest BCUT2D eigenvalue weighted by Gasteiger charge is 2.16. The van der Waals surface area contributed by atoms with Crippen LogP contribution in [0.3, 0.4) is 0 Å². The molecule has 0 aliphatic heterocycles. The van der Waals surface area contributed by atoms with E-state index in [1.54, 1.807) is 11.3 Å². The molecule has 0 fully saturated rings. The van der Waals surface area contributed by atoms with Gasteiger partial charge in [0.25, 0.3) is 0 Å². The third-order valence-electron chi connectivity index (χ3n) is 2.26. The van der Waals surface area contributed by atoms with E-state index in [0.717, 1.165) is 12.0 Å². The second-order valence-electron chi connectivity index (χ2n) is 4.20. The molecule has 0 amide bonds. The van der Waals surface area contributed by atoms with Crippen LogP contribution in [0, 0.1) is 5.92 Å². The van der Waals surface area contributed by atoms with Crippen molar-refractivity contribution in [2.75, 3.05) is 0 Å². The fourth-order valence-electron chi connectivity index (χ4n) is 1.50. The molecule has 86 valence electrons. The Morgan fingerprint density at radius 3 is 2.94 bits per heavy atom. The molecule has 2 N–H and O–H groups in total. The van der Waals surface area contributed by atoms with E-state index in [9.17, 15) is 0 Å². The van der Waals surface area contributed by atoms with Crippen LogP contribution in [0.1, 0.15) is 32.2 Å². The molecular formula is C11H15N3OS. The van der Waals surface area contributed by atoms with Crippen molar-refractivity contribution in [1.82, 2.24) is 10.1 Å². The third-order valence-corrected chi connectivity index (χ3v) is 2.95. The van der Waals surface area contributed by atoms with Gasteiger partial charge in [0.15, 0.2) is 0 Å². The van der Waals surface area contributed by atoms with E-state index in [-0.39, 0.29) is 6.04 Å². The van der Waals surface area contributed by atoms with Crippen LogP contribution in [0.25, 0.3) is 11.4 Å². The molecule has 16 heavy (non-hydrogen) atoms. The number of nitrogens with zero attached hydrogens (tertiary/aromatic N) is 2. The summed E-state index contributed by atoms with van der Waals surface area (Å²) in [5.41, 5.74) is 6.95. The molecule has 5 heteroatoms. The summed E-state index contributed by atoms with van der Waals surface area (Å²) < 4.78 is 5.17. The Kier molecular flexibility index (Phi) is 3.36. The van der Waals surface area contributed by atoms with Gasteiger partial charge in [-0.3, -0.25) is 0 Å². The lowest BCUT2D eigenvalue weighted by atomic mass is 10.0. The number of thiophene rings is 1. The van der Waals surface area contributed by atoms with Gasteiger partial charge in [-0.2, -0.15) is 16.3 Å². The van der Waals surface area contributed by atoms with Crippen LogP contribution >= 0.6 is 11.3 Å². The normalized spacial score (nSPS) is 13.2. The first-order valence-corrected chi connectivity index (χ1v) is 6.23. The Morgan fingerprint density at radius 1 is 1.50 bits per heavy atom. The number of nitrogens with two attached hydrogens (primary N) is 1. The minimum absolute atomic E-state index is 0.167. The summed E-state index contributed by atoms with van der Waals surface area (Å²) in [5, 5.41) is 7.90. The molecule has 0 aromatic carbocycles. The van der Waals surface area contributed by atoms with Gasteiger partial charge in [0, 0.05) is 10.9 Å². The molecular weight excluding hydrogens is 222 g/mol. The van der Waals surface area contributed by atoms with Crippen LogP contribution in [0.2, 0.25) is 0 Å². The minimum Gasteiger partial charge on any atom is -0.337 e. The number of hydrogen-bond donors (Lipinski definition) is 1. The van der Waals surface area contributed by atoms with Gasteiger partial charge in [0.05, 0.1) is 6.04 Å². The molecule has 2 aromatic rings. The maximum atomic E-state index is 5.97. The molecule has 0 aliphatic carbocycles. The first-order valence-electron chi connectivity index (χ1n) is 5.28. The smallest absolute Gasteiger partial charge is 0.243 e. The van der Waals surface area contributed by atoms with E-state index in [4.69, 9.17) is 10.3 Å². The Labute approximate surface area is 98.5 Å². The highest BCUT2D eigenvalue weighted by Crippen LogP contribution is 2.22. The van der Waals surface area contributed by atoms with Crippen molar-refractivity contribution < 1.29 is 4.52 Å². The van der Waals surface area contributed by atoms with Crippen molar-refractivity contribution in [2.24, 2.45) is 11.7 Å². The molecule has 0 saturated heterocycles. The zero-order valence-electron chi connectivity index (χ0n) is 9.38. The number of rotatable bonds is 4. The van der Waals surface area contributed by atoms with E-state index in [1.165, 1.54) is 0 Å². The molecule has 0 radical (unpaired) electrons. The Balaban J connectivity index is 2.13. The fraction of sp³-hybridized carbons (Fsp3) is 0.455. The molecule has 2 heterocycles. The van der Waals surface area contributed by atoms with E-state index in [1.807, 2.05) is 16.8 Å². The van der Waals surface area contributed by atoms with Crippen LogP contribution < -0.4 is 5.73 Å². The average molecular weight is 237 g/mol. The Hall–Kier alpha value is -1.20. The first-order chi connectivity index (χ1) is 7.66. The van der Waals surface area contributed by atoms with Gasteiger partial charge in [-0.05, 0) is 23.8 Å². The summed E-state index contributed by atoms with van der Waals surface area (Å²) in [4.78, 5) is 4.31. The molecule has 1 atom stereocenters. The average Bonchev–Trinajstić information content (AvgIpc) is 2.87. The highest BCUT2D eigenvalue weighted by atomic mass is 32.1. The fourth-order valence-corrected chi connectivity index (χ4v) is 2.14. The van der Waals surface area contributed by atoms with Crippen LogP contribution in [0.5, 0.6) is 0 Å². The van der Waals surface area contributed by atoms with Crippen LogP contribution in [-0.4, -0.2) is 10.1 Å². The standard InChI is InChI=1S/C11H15N3OS/c1-7(2)5-9(12)11-13-10(14-15-11)8-3-4-16-6-8/h3-4,6-7,9H,5,12H2,1-2H3/t9-/m0/s1. The predicted molar refractivity (Wildman–Crippen MR) is 64.0 cm³/mol. The summed E-state index contributed by atoms with van der Waals surface area (Å²) in [7, 11) is 0. The molecule has 0 spiro atoms. The van der Waals surface area contributed by atoms with Gasteiger partial charge < -0.3 is 10.3 Å². The first kappa shape index (κ1) is 11.3. The van der Waals surface area contributed by atoms with Gasteiger partial charge in [-0.15, -0.1) is 0 Å². The van der Waals surface area contributed by atoms with Gasteiger partial charge >= 0.3 is 0 Å². The quantitative estimate of drug-likeness (QED) is 0.888. The van der Waals surface area contributed by atoms with E-state index >= 15 is 0 Å². The van der Waals surface area contributed by atoms with Crippen molar-refractivity contribution in [1.29, 1.82) is 0 Å². The zero-order chi connectivity index (χ0) is 11.5. The van der Waals surface area contributed by atoms with Gasteiger partial charge in [-0.1, -0.05) is 19.0 Å². The SMILES string of the molecule is CC(C)C[C@H](N)c1nc(-c2ccsc2)no1. The topological polar surface area (TPSA) is 64.9 Å². The molecule has 2 rings (SSSR count). The van der Waals surface area contributed by atoms with Crippen molar-refractivity contribution in [2.45, 2.75) is 26.3 Å². The lowest BCUT2D eigenvalue weighted by Crippen LogP contribution is -2.13. The third kappa shape index (κ3) is 2.48. The second kappa shape index (κ2) is 4.76. The van der Waals surface area contributed by atoms with E-state index < -0.39 is 0 Å². The van der Waals surface area contributed by atoms with Crippen LogP contribution in [0.15, 0.2) is 21.3 Å². The summed E-state index contributed by atoms with van der Waals surface area (Å²) >= 11 is 1.61. The summed E-state index contributed by atoms with van der Waals surface area (Å²) in [6.07, 6.45) is 0.852. The van der Waals surface area contributed by atoms with Crippen molar-refractivity contribution in [3.05, 3.63) is 22.7 Å². The van der Waals surface area contributed by atoms with Gasteiger partial charge in [0.2, 0.25) is 11.7 Å². The minimum atomic E-state index is -0.167. The largest absolute Gasteiger partial charge is 0.337 e. The molecule has 0 aliphatic rings. The van der Waals surface area contributed by atoms with Gasteiger partial charge in [0.1, 0.15) is 0 Å². The van der Waals surface area contributed by atoms with Gasteiger partial charge in [-0.25, -0.2) is 0 Å². The van der Waals surface area contributed by atoms with Crippen molar-refractivity contribution >= 4 is 11.3 Å². The highest BCUT2D eigenvalue weighted by molar-refractivity contribution is 7.08. The second-order valence-corrected chi connectivity index (χ2v) is 4.98. The molecule has 2 aromatic heterocycles. The molecule has 0 unspecified atom stereocenters. The Bertz CT molecular complexity index is 436. The van der Waals surface area contributed by atoms with Crippen molar-refractivity contribution in [3.8, 4) is 11.4 Å². The predicted octanol–water partition coefficient (Wildman–Crippen LogP) is 2.84. The molecule has 0 bridgehead atoms. The molecule has 4 nitrogen and oxygen atoms in total. The van der Waals surface area contributed by atoms with Crippen molar-refractivity contribution in [3.63, 3.8) is 0 Å². The van der Waals surface area contributed by atoms with Crippen LogP contribution in [0.4, 0.5) is 0 Å². The van der Waals surface area contributed by atoms with E-state index in [0.29, 0.717) is 17.6 Å². The lowest BCUT2D eigenvalue weighted by Gasteiger charge is -2.08. The monoisotopic (exact) mass is 237 g/mol. The number of hydrogen-bond acceptors (Lipinski definition) is 5. The summed E-state index contributed by atoms with van der Waals surface area (Å²) in [5.74, 6) is 1.66. The maximum Gasteiger partial charge on any atom is 0.243 e. The maximum absolute atomic E-state index is 5.97. The summed E-state index contributed by atoms with van der Waals surface area (Å²) in [6, 6.07) is 1.80. The molecule has 0 saturated carbocycles. The van der Waals surface area contributed by atoms with Crippen LogP contribution in [-0.2, 0) is 0 Å². The number of aromatic nitrogens is 2.